The van der Waals surface area contributed by atoms with Gasteiger partial charge in [0.2, 0.25) is 0 Å². The Morgan fingerprint density at radius 2 is 1.35 bits per heavy atom. The zero-order valence-electron chi connectivity index (χ0n) is 16.4. The highest BCUT2D eigenvalue weighted by molar-refractivity contribution is 7.93. The minimum Gasteiger partial charge on any atom is -0.494 e. The van der Waals surface area contributed by atoms with Gasteiger partial charge < -0.3 is 4.74 Å². The Hall–Kier alpha value is -2.82. The molecule has 2 N–H and O–H groups in total. The van der Waals surface area contributed by atoms with E-state index in [-0.39, 0.29) is 21.2 Å². The van der Waals surface area contributed by atoms with Crippen molar-refractivity contribution in [2.45, 2.75) is 16.7 Å². The van der Waals surface area contributed by atoms with E-state index in [4.69, 9.17) is 16.3 Å². The molecular weight excluding hydrogens is 467 g/mol. The summed E-state index contributed by atoms with van der Waals surface area (Å²) in [5, 5.41) is 0.417. The summed E-state index contributed by atoms with van der Waals surface area (Å²) in [4.78, 5) is -0.386. The van der Waals surface area contributed by atoms with Crippen LogP contribution in [0.3, 0.4) is 0 Å². The number of hydrogen-bond donors (Lipinski definition) is 2. The van der Waals surface area contributed by atoms with Crippen molar-refractivity contribution in [2.24, 2.45) is 0 Å². The highest BCUT2D eigenvalue weighted by atomic mass is 35.5. The Bertz CT molecular complexity index is 1330. The third-order valence-corrected chi connectivity index (χ3v) is 7.46. The smallest absolute Gasteiger partial charge is 0.262 e. The van der Waals surface area contributed by atoms with Crippen LogP contribution in [0.5, 0.6) is 5.75 Å². The molecule has 0 heterocycles. The first-order valence-corrected chi connectivity index (χ1v) is 12.1. The Labute approximate surface area is 184 Å². The normalized spacial score (nSPS) is 11.7. The molecule has 164 valence electrons. The molecule has 0 fully saturated rings. The fraction of sp³-hybridized carbons (Fsp3) is 0.100. The molecule has 0 aromatic heterocycles. The lowest BCUT2D eigenvalue weighted by Crippen LogP contribution is -2.15. The highest BCUT2D eigenvalue weighted by Crippen LogP contribution is 2.25. The zero-order chi connectivity index (χ0) is 22.8. The lowest BCUT2D eigenvalue weighted by atomic mass is 10.2. The maximum atomic E-state index is 13.8. The minimum atomic E-state index is -4.09. The topological polar surface area (TPSA) is 102 Å². The van der Waals surface area contributed by atoms with Crippen LogP contribution < -0.4 is 14.2 Å². The summed E-state index contributed by atoms with van der Waals surface area (Å²) in [7, 11) is -6.74. The number of benzene rings is 3. The van der Waals surface area contributed by atoms with E-state index in [9.17, 15) is 21.2 Å². The molecule has 0 saturated carbocycles. The quantitative estimate of drug-likeness (QED) is 0.517. The molecule has 7 nitrogen and oxygen atoms in total. The summed E-state index contributed by atoms with van der Waals surface area (Å²) in [5.74, 6) is -0.912. The van der Waals surface area contributed by atoms with Crippen LogP contribution in [-0.4, -0.2) is 23.9 Å². The Morgan fingerprint density at radius 1 is 0.806 bits per heavy atom. The first-order valence-electron chi connectivity index (χ1n) is 8.77. The molecule has 0 saturated heterocycles. The van der Waals surface area contributed by atoms with Gasteiger partial charge in [-0.1, -0.05) is 17.7 Å². The molecule has 11 heteroatoms. The van der Waals surface area contributed by atoms with E-state index in [0.29, 0.717) is 10.7 Å². The van der Waals surface area contributed by atoms with Crippen LogP contribution in [0.4, 0.5) is 15.8 Å². The molecule has 0 atom stereocenters. The van der Waals surface area contributed by atoms with Crippen LogP contribution in [-0.2, 0) is 20.0 Å². The fourth-order valence-corrected chi connectivity index (χ4v) is 4.90. The SMILES string of the molecule is COc1ccc(S(=O)(=O)Nc2ccc(S(=O)(=O)Nc3ccc(C)c(Cl)c3)cc2)cc1F. The van der Waals surface area contributed by atoms with Gasteiger partial charge in [-0.05, 0) is 67.1 Å². The van der Waals surface area contributed by atoms with Crippen LogP contribution in [0.25, 0.3) is 0 Å². The predicted octanol–water partition coefficient (Wildman–Crippen LogP) is 4.40. The first kappa shape index (κ1) is 22.9. The Balaban J connectivity index is 1.79. The van der Waals surface area contributed by atoms with E-state index in [1.165, 1.54) is 49.6 Å². The van der Waals surface area contributed by atoms with Gasteiger partial charge in [-0.2, -0.15) is 0 Å². The summed E-state index contributed by atoms with van der Waals surface area (Å²) in [6.07, 6.45) is 0. The monoisotopic (exact) mass is 484 g/mol. The van der Waals surface area contributed by atoms with Crippen LogP contribution in [0, 0.1) is 12.7 Å². The number of halogens is 2. The van der Waals surface area contributed by atoms with Gasteiger partial charge >= 0.3 is 0 Å². The molecular formula is C20H18ClFN2O5S2. The van der Waals surface area contributed by atoms with E-state index in [1.54, 1.807) is 19.1 Å². The van der Waals surface area contributed by atoms with Crippen LogP contribution in [0.2, 0.25) is 5.02 Å². The fourth-order valence-electron chi connectivity index (χ4n) is 2.60. The summed E-state index contributed by atoms with van der Waals surface area (Å²) >= 11 is 6.02. The second kappa shape index (κ2) is 8.74. The molecule has 0 radical (unpaired) electrons. The van der Waals surface area contributed by atoms with Gasteiger partial charge in [0.25, 0.3) is 20.0 Å². The second-order valence-corrected chi connectivity index (χ2v) is 10.3. The van der Waals surface area contributed by atoms with Crippen molar-refractivity contribution < 1.29 is 26.0 Å². The molecule has 0 aliphatic heterocycles. The first-order chi connectivity index (χ1) is 14.5. The third-order valence-electron chi connectivity index (χ3n) is 4.27. The number of ether oxygens (including phenoxy) is 1. The van der Waals surface area contributed by atoms with E-state index >= 15 is 0 Å². The number of sulfonamides is 2. The molecule has 3 rings (SSSR count). The van der Waals surface area contributed by atoms with Gasteiger partial charge in [0.15, 0.2) is 11.6 Å². The van der Waals surface area contributed by atoms with Gasteiger partial charge in [-0.15, -0.1) is 0 Å². The number of aryl methyl sites for hydroxylation is 1. The number of methoxy groups -OCH3 is 1. The van der Waals surface area contributed by atoms with Gasteiger partial charge in [0.1, 0.15) is 0 Å². The maximum absolute atomic E-state index is 13.8. The van der Waals surface area contributed by atoms with Gasteiger partial charge in [0.05, 0.1) is 22.6 Å². The van der Waals surface area contributed by atoms with Crippen molar-refractivity contribution in [3.8, 4) is 5.75 Å². The van der Waals surface area contributed by atoms with Crippen molar-refractivity contribution in [2.75, 3.05) is 16.6 Å². The number of nitrogens with one attached hydrogen (secondary N) is 2. The zero-order valence-corrected chi connectivity index (χ0v) is 18.8. The van der Waals surface area contributed by atoms with Crippen LogP contribution in [0.1, 0.15) is 5.56 Å². The largest absolute Gasteiger partial charge is 0.494 e. The third kappa shape index (κ3) is 5.27. The molecule has 0 unspecified atom stereocenters. The Kier molecular flexibility index (Phi) is 6.44. The average Bonchev–Trinajstić information content (AvgIpc) is 2.70. The number of rotatable bonds is 7. The lowest BCUT2D eigenvalue weighted by Gasteiger charge is -2.11. The van der Waals surface area contributed by atoms with Gasteiger partial charge in [-0.3, -0.25) is 9.44 Å². The molecule has 0 spiro atoms. The molecule has 3 aromatic carbocycles. The van der Waals surface area contributed by atoms with E-state index < -0.39 is 25.9 Å². The molecule has 0 aliphatic carbocycles. The van der Waals surface area contributed by atoms with Crippen molar-refractivity contribution in [3.05, 3.63) is 77.1 Å². The Morgan fingerprint density at radius 3 is 1.94 bits per heavy atom. The number of hydrogen-bond acceptors (Lipinski definition) is 5. The number of anilines is 2. The molecule has 0 aliphatic rings. The molecule has 3 aromatic rings. The van der Waals surface area contributed by atoms with E-state index in [0.717, 1.165) is 11.6 Å². The lowest BCUT2D eigenvalue weighted by molar-refractivity contribution is 0.385. The second-order valence-electron chi connectivity index (χ2n) is 6.50. The summed E-state index contributed by atoms with van der Waals surface area (Å²) < 4.78 is 73.4. The van der Waals surface area contributed by atoms with Crippen molar-refractivity contribution in [3.63, 3.8) is 0 Å². The summed E-state index contributed by atoms with van der Waals surface area (Å²) in [6, 6.07) is 13.0. The van der Waals surface area contributed by atoms with Crippen molar-refractivity contribution in [1.29, 1.82) is 0 Å². The van der Waals surface area contributed by atoms with E-state index in [1.807, 2.05) is 0 Å². The van der Waals surface area contributed by atoms with Crippen LogP contribution >= 0.6 is 11.6 Å². The summed E-state index contributed by atoms with van der Waals surface area (Å²) in [6.45, 7) is 1.79. The van der Waals surface area contributed by atoms with Gasteiger partial charge in [0, 0.05) is 10.7 Å². The van der Waals surface area contributed by atoms with Crippen molar-refractivity contribution in [1.82, 2.24) is 0 Å². The highest BCUT2D eigenvalue weighted by Gasteiger charge is 2.19. The maximum Gasteiger partial charge on any atom is 0.262 e. The molecule has 0 bridgehead atoms. The summed E-state index contributed by atoms with van der Waals surface area (Å²) in [5.41, 5.74) is 1.20. The standard InChI is InChI=1S/C20H18ClFN2O5S2/c1-13-3-4-15(11-18(13)21)24-30(25,26)16-7-5-14(6-8-16)23-31(27,28)17-9-10-20(29-2)19(22)12-17/h3-12,23-24H,1-2H3. The predicted molar refractivity (Wildman–Crippen MR) is 117 cm³/mol. The average molecular weight is 485 g/mol. The minimum absolute atomic E-state index is 0.0809. The van der Waals surface area contributed by atoms with E-state index in [2.05, 4.69) is 9.44 Å². The molecule has 31 heavy (non-hydrogen) atoms. The van der Waals surface area contributed by atoms with Crippen molar-refractivity contribution >= 4 is 43.0 Å². The van der Waals surface area contributed by atoms with Crippen LogP contribution in [0.15, 0.2) is 70.5 Å². The van der Waals surface area contributed by atoms with Gasteiger partial charge in [-0.25, -0.2) is 21.2 Å². The molecule has 0 amide bonds.